The molecule has 5 heteroatoms. The molecule has 1 fully saturated rings. The van der Waals surface area contributed by atoms with Gasteiger partial charge in [-0.2, -0.15) is 5.06 Å². The Balaban J connectivity index is 2.68. The van der Waals surface area contributed by atoms with Gasteiger partial charge in [0.25, 0.3) is 0 Å². The summed E-state index contributed by atoms with van der Waals surface area (Å²) in [6.45, 7) is 11.4. The van der Waals surface area contributed by atoms with Gasteiger partial charge in [-0.15, -0.1) is 0 Å². The minimum Gasteiger partial charge on any atom is -0.462 e. The molecule has 0 aromatic rings. The van der Waals surface area contributed by atoms with Crippen LogP contribution in [0.5, 0.6) is 0 Å². The van der Waals surface area contributed by atoms with Crippen LogP contribution in [0.3, 0.4) is 0 Å². The maximum absolute atomic E-state index is 12.0. The van der Waals surface area contributed by atoms with Crippen molar-refractivity contribution in [2.24, 2.45) is 5.41 Å². The van der Waals surface area contributed by atoms with E-state index >= 15 is 0 Å². The predicted molar refractivity (Wildman–Crippen MR) is 76.4 cm³/mol. The number of piperidine rings is 1. The van der Waals surface area contributed by atoms with Crippen LogP contribution in [0.2, 0.25) is 0 Å². The van der Waals surface area contributed by atoms with Crippen molar-refractivity contribution in [1.29, 1.82) is 0 Å². The summed E-state index contributed by atoms with van der Waals surface area (Å²) in [5.41, 5.74) is -1.32. The second-order valence-corrected chi connectivity index (χ2v) is 7.96. The number of rotatable bonds is 4. The molecule has 1 heterocycles. The van der Waals surface area contributed by atoms with Crippen LogP contribution in [0.15, 0.2) is 0 Å². The van der Waals surface area contributed by atoms with Gasteiger partial charge in [-0.1, -0.05) is 13.8 Å². The number of carbonyl (C=O) groups excluding carboxylic acids is 1. The standard InChI is InChI=1S/C15H29NO4/c1-13(2,10-17)9-12(18)20-11-7-14(3,4)16(19)15(5,6)8-11/h11,17,19H,7-10H2,1-6H3. The van der Waals surface area contributed by atoms with E-state index in [0.717, 1.165) is 0 Å². The van der Waals surface area contributed by atoms with E-state index in [0.29, 0.717) is 12.8 Å². The predicted octanol–water partition coefficient (Wildman–Crippen LogP) is 2.35. The van der Waals surface area contributed by atoms with Crippen molar-refractivity contribution < 1.29 is 19.8 Å². The van der Waals surface area contributed by atoms with Gasteiger partial charge in [0.05, 0.1) is 6.42 Å². The fourth-order valence-corrected chi connectivity index (χ4v) is 2.94. The van der Waals surface area contributed by atoms with Crippen molar-refractivity contribution in [3.63, 3.8) is 0 Å². The molecule has 0 aliphatic carbocycles. The van der Waals surface area contributed by atoms with Gasteiger partial charge in [-0.3, -0.25) is 4.79 Å². The van der Waals surface area contributed by atoms with E-state index in [4.69, 9.17) is 4.74 Å². The van der Waals surface area contributed by atoms with Crippen molar-refractivity contribution >= 4 is 5.97 Å². The zero-order valence-electron chi connectivity index (χ0n) is 13.6. The van der Waals surface area contributed by atoms with Gasteiger partial charge in [0, 0.05) is 30.5 Å². The molecule has 0 atom stereocenters. The average Bonchev–Trinajstić information content (AvgIpc) is 2.24. The van der Waals surface area contributed by atoms with Crippen LogP contribution in [0.1, 0.15) is 60.8 Å². The molecule has 118 valence electrons. The fraction of sp³-hybridized carbons (Fsp3) is 0.933. The Morgan fingerprint density at radius 1 is 1.25 bits per heavy atom. The molecule has 0 spiro atoms. The van der Waals surface area contributed by atoms with Crippen LogP contribution in [-0.4, -0.2) is 45.1 Å². The summed E-state index contributed by atoms with van der Waals surface area (Å²) in [6, 6.07) is 0. The number of esters is 1. The van der Waals surface area contributed by atoms with Gasteiger partial charge in [-0.25, -0.2) is 0 Å². The molecular weight excluding hydrogens is 258 g/mol. The van der Waals surface area contributed by atoms with Crippen LogP contribution >= 0.6 is 0 Å². The van der Waals surface area contributed by atoms with Gasteiger partial charge >= 0.3 is 5.97 Å². The molecule has 0 saturated carbocycles. The lowest BCUT2D eigenvalue weighted by Crippen LogP contribution is -2.60. The van der Waals surface area contributed by atoms with Crippen LogP contribution in [-0.2, 0) is 9.53 Å². The van der Waals surface area contributed by atoms with Crippen molar-refractivity contribution in [2.45, 2.75) is 78.0 Å². The molecule has 0 bridgehead atoms. The van der Waals surface area contributed by atoms with Crippen molar-refractivity contribution in [3.05, 3.63) is 0 Å². The van der Waals surface area contributed by atoms with Gasteiger partial charge in [-0.05, 0) is 33.1 Å². The second-order valence-electron chi connectivity index (χ2n) is 7.96. The van der Waals surface area contributed by atoms with Crippen molar-refractivity contribution in [1.82, 2.24) is 5.06 Å². The first-order valence-corrected chi connectivity index (χ1v) is 7.19. The molecule has 0 unspecified atom stereocenters. The summed E-state index contributed by atoms with van der Waals surface area (Å²) in [4.78, 5) is 12.0. The normalized spacial score (nSPS) is 23.6. The van der Waals surface area contributed by atoms with Crippen LogP contribution in [0.4, 0.5) is 0 Å². The number of hydrogen-bond acceptors (Lipinski definition) is 5. The first-order valence-electron chi connectivity index (χ1n) is 7.19. The first-order chi connectivity index (χ1) is 8.89. The lowest BCUT2D eigenvalue weighted by Gasteiger charge is -2.50. The third-order valence-electron chi connectivity index (χ3n) is 3.95. The SMILES string of the molecule is CC(C)(CO)CC(=O)OC1CC(C)(C)N(O)C(C)(C)C1. The number of hydroxylamine groups is 2. The van der Waals surface area contributed by atoms with Gasteiger partial charge < -0.3 is 15.1 Å². The summed E-state index contributed by atoms with van der Waals surface area (Å²) >= 11 is 0. The Kier molecular flexibility index (Phi) is 4.89. The topological polar surface area (TPSA) is 70.0 Å². The van der Waals surface area contributed by atoms with Crippen LogP contribution in [0.25, 0.3) is 0 Å². The zero-order chi connectivity index (χ0) is 15.8. The molecule has 1 aliphatic heterocycles. The van der Waals surface area contributed by atoms with Gasteiger partial charge in [0.2, 0.25) is 0 Å². The van der Waals surface area contributed by atoms with Crippen LogP contribution in [0, 0.1) is 5.41 Å². The van der Waals surface area contributed by atoms with E-state index in [1.165, 1.54) is 5.06 Å². The number of hydrogen-bond donors (Lipinski definition) is 2. The van der Waals surface area contributed by atoms with E-state index in [2.05, 4.69) is 0 Å². The molecule has 1 aliphatic rings. The number of ether oxygens (including phenoxy) is 1. The summed E-state index contributed by atoms with van der Waals surface area (Å²) in [6.07, 6.45) is 1.19. The molecule has 20 heavy (non-hydrogen) atoms. The van der Waals surface area contributed by atoms with E-state index in [1.54, 1.807) is 0 Å². The highest BCUT2D eigenvalue weighted by molar-refractivity contribution is 5.70. The monoisotopic (exact) mass is 287 g/mol. The van der Waals surface area contributed by atoms with Gasteiger partial charge in [0.1, 0.15) is 6.10 Å². The molecular formula is C15H29NO4. The quantitative estimate of drug-likeness (QED) is 0.777. The number of aliphatic hydroxyl groups is 1. The molecule has 0 radical (unpaired) electrons. The Morgan fingerprint density at radius 3 is 2.10 bits per heavy atom. The molecule has 0 amide bonds. The highest BCUT2D eigenvalue weighted by atomic mass is 16.5. The van der Waals surface area contributed by atoms with E-state index in [-0.39, 0.29) is 25.1 Å². The smallest absolute Gasteiger partial charge is 0.306 e. The van der Waals surface area contributed by atoms with E-state index < -0.39 is 16.5 Å². The molecule has 0 aromatic heterocycles. The van der Waals surface area contributed by atoms with E-state index in [1.807, 2.05) is 41.5 Å². The van der Waals surface area contributed by atoms with Crippen molar-refractivity contribution in [3.8, 4) is 0 Å². The second kappa shape index (κ2) is 5.62. The zero-order valence-corrected chi connectivity index (χ0v) is 13.6. The highest BCUT2D eigenvalue weighted by Gasteiger charge is 2.46. The number of nitrogens with zero attached hydrogens (tertiary/aromatic N) is 1. The lowest BCUT2D eigenvalue weighted by molar-refractivity contribution is -0.259. The maximum atomic E-state index is 12.0. The Labute approximate surface area is 121 Å². The highest BCUT2D eigenvalue weighted by Crippen LogP contribution is 2.38. The maximum Gasteiger partial charge on any atom is 0.306 e. The van der Waals surface area contributed by atoms with E-state index in [9.17, 15) is 15.1 Å². The van der Waals surface area contributed by atoms with Crippen LogP contribution < -0.4 is 0 Å². The first kappa shape index (κ1) is 17.4. The summed E-state index contributed by atoms with van der Waals surface area (Å²) in [5, 5.41) is 20.8. The Hall–Kier alpha value is -0.650. The number of carbonyl (C=O) groups is 1. The molecule has 1 saturated heterocycles. The minimum absolute atomic E-state index is 0.0474. The third-order valence-corrected chi connectivity index (χ3v) is 3.95. The molecule has 1 rings (SSSR count). The summed E-state index contributed by atoms with van der Waals surface area (Å²) in [7, 11) is 0. The Bertz CT molecular complexity index is 345. The molecule has 0 aromatic carbocycles. The van der Waals surface area contributed by atoms with Gasteiger partial charge in [0.15, 0.2) is 0 Å². The lowest BCUT2D eigenvalue weighted by atomic mass is 9.80. The average molecular weight is 287 g/mol. The fourth-order valence-electron chi connectivity index (χ4n) is 2.94. The Morgan fingerprint density at radius 2 is 1.70 bits per heavy atom. The minimum atomic E-state index is -0.459. The third kappa shape index (κ3) is 4.17. The molecule has 2 N–H and O–H groups in total. The van der Waals surface area contributed by atoms with Crippen molar-refractivity contribution in [2.75, 3.05) is 6.61 Å². The molecule has 5 nitrogen and oxygen atoms in total. The summed E-state index contributed by atoms with van der Waals surface area (Å²) < 4.78 is 5.56. The summed E-state index contributed by atoms with van der Waals surface area (Å²) in [5.74, 6) is -0.285. The largest absolute Gasteiger partial charge is 0.462 e. The number of aliphatic hydroxyl groups excluding tert-OH is 1.